The minimum atomic E-state index is -0.251. The third-order valence-electron chi connectivity index (χ3n) is 4.67. The molecule has 1 aromatic heterocycles. The monoisotopic (exact) mass is 446 g/mol. The molecule has 0 fully saturated rings. The summed E-state index contributed by atoms with van der Waals surface area (Å²) in [5.74, 6) is 1.58. The van der Waals surface area contributed by atoms with Gasteiger partial charge in [-0.1, -0.05) is 29.3 Å². The summed E-state index contributed by atoms with van der Waals surface area (Å²) < 4.78 is 16.8. The van der Waals surface area contributed by atoms with Crippen molar-refractivity contribution in [1.29, 1.82) is 0 Å². The topological polar surface area (TPSA) is 69.7 Å². The lowest BCUT2D eigenvalue weighted by Gasteiger charge is -2.18. The van der Waals surface area contributed by atoms with Gasteiger partial charge in [0, 0.05) is 17.6 Å². The van der Waals surface area contributed by atoms with E-state index >= 15 is 0 Å². The Hall–Kier alpha value is -2.70. The van der Waals surface area contributed by atoms with Crippen molar-refractivity contribution < 1.29 is 19.0 Å². The second-order valence-electron chi connectivity index (χ2n) is 6.88. The van der Waals surface area contributed by atoms with Crippen LogP contribution in [0.1, 0.15) is 11.3 Å². The fourth-order valence-electron chi connectivity index (χ4n) is 3.21. The van der Waals surface area contributed by atoms with Crippen molar-refractivity contribution >= 4 is 40.0 Å². The second-order valence-corrected chi connectivity index (χ2v) is 7.70. The van der Waals surface area contributed by atoms with Gasteiger partial charge < -0.3 is 19.5 Å². The number of carbonyl (C=O) groups is 1. The first kappa shape index (κ1) is 20.6. The lowest BCUT2D eigenvalue weighted by Crippen LogP contribution is -2.30. The van der Waals surface area contributed by atoms with Gasteiger partial charge in [0.15, 0.2) is 23.9 Å². The number of rotatable bonds is 6. The van der Waals surface area contributed by atoms with Crippen LogP contribution in [0.5, 0.6) is 17.2 Å². The summed E-state index contributed by atoms with van der Waals surface area (Å²) in [6.45, 7) is 3.26. The molecule has 1 aliphatic rings. The zero-order chi connectivity index (χ0) is 21.1. The third-order valence-corrected chi connectivity index (χ3v) is 5.26. The summed E-state index contributed by atoms with van der Waals surface area (Å²) >= 11 is 12.5. The maximum atomic E-state index is 12.3. The van der Waals surface area contributed by atoms with Gasteiger partial charge in [0.05, 0.1) is 10.0 Å². The standard InChI is InChI=1S/C22H20Cl2N2O4/c1-13-2-4-15-16(23)11-17(24)22(21(15)26-13)30-12-20(27)25-7-6-14-3-5-18-19(10-14)29-9-8-28-18/h2-5,10-11H,6-9,12H2,1H3,(H,25,27). The zero-order valence-corrected chi connectivity index (χ0v) is 17.8. The fraction of sp³-hybridized carbons (Fsp3) is 0.273. The Kier molecular flexibility index (Phi) is 6.16. The van der Waals surface area contributed by atoms with Crippen molar-refractivity contribution in [2.45, 2.75) is 13.3 Å². The smallest absolute Gasteiger partial charge is 0.257 e. The summed E-state index contributed by atoms with van der Waals surface area (Å²) in [5, 5.41) is 4.37. The van der Waals surface area contributed by atoms with Crippen LogP contribution in [0, 0.1) is 6.92 Å². The normalized spacial score (nSPS) is 12.6. The number of fused-ring (bicyclic) bond motifs is 2. The lowest BCUT2D eigenvalue weighted by molar-refractivity contribution is -0.123. The molecule has 2 heterocycles. The van der Waals surface area contributed by atoms with Crippen LogP contribution in [0.25, 0.3) is 10.9 Å². The van der Waals surface area contributed by atoms with E-state index < -0.39 is 0 Å². The minimum absolute atomic E-state index is 0.173. The molecule has 0 unspecified atom stereocenters. The molecule has 30 heavy (non-hydrogen) atoms. The predicted molar refractivity (Wildman–Crippen MR) is 116 cm³/mol. The van der Waals surface area contributed by atoms with Crippen LogP contribution in [-0.4, -0.2) is 37.3 Å². The molecule has 0 saturated heterocycles. The van der Waals surface area contributed by atoms with E-state index in [0.29, 0.717) is 47.5 Å². The summed E-state index contributed by atoms with van der Waals surface area (Å²) in [6, 6.07) is 11.1. The van der Waals surface area contributed by atoms with E-state index in [2.05, 4.69) is 10.3 Å². The van der Waals surface area contributed by atoms with Gasteiger partial charge in [-0.2, -0.15) is 0 Å². The van der Waals surface area contributed by atoms with Gasteiger partial charge in [-0.3, -0.25) is 4.79 Å². The van der Waals surface area contributed by atoms with Gasteiger partial charge in [0.25, 0.3) is 5.91 Å². The Morgan fingerprint density at radius 1 is 1.10 bits per heavy atom. The zero-order valence-electron chi connectivity index (χ0n) is 16.3. The number of pyridine rings is 1. The van der Waals surface area contributed by atoms with Crippen LogP contribution in [0.2, 0.25) is 10.0 Å². The van der Waals surface area contributed by atoms with E-state index in [4.69, 9.17) is 37.4 Å². The van der Waals surface area contributed by atoms with Crippen molar-refractivity contribution in [3.8, 4) is 17.2 Å². The molecule has 0 saturated carbocycles. The first-order valence-corrected chi connectivity index (χ1v) is 10.3. The molecular weight excluding hydrogens is 427 g/mol. The van der Waals surface area contributed by atoms with Crippen LogP contribution in [0.4, 0.5) is 0 Å². The maximum Gasteiger partial charge on any atom is 0.257 e. The van der Waals surface area contributed by atoms with Crippen molar-refractivity contribution in [3.63, 3.8) is 0 Å². The number of hydrogen-bond acceptors (Lipinski definition) is 5. The number of aromatic nitrogens is 1. The van der Waals surface area contributed by atoms with Crippen LogP contribution in [0.3, 0.4) is 0 Å². The van der Waals surface area contributed by atoms with Gasteiger partial charge in [0.1, 0.15) is 18.7 Å². The largest absolute Gasteiger partial charge is 0.486 e. The summed E-state index contributed by atoms with van der Waals surface area (Å²) in [4.78, 5) is 16.7. The van der Waals surface area contributed by atoms with Crippen LogP contribution < -0.4 is 19.5 Å². The van der Waals surface area contributed by atoms with Gasteiger partial charge in [-0.05, 0) is 49.2 Å². The Labute approximate surface area is 184 Å². The predicted octanol–water partition coefficient (Wildman–Crippen LogP) is 4.36. The van der Waals surface area contributed by atoms with Gasteiger partial charge >= 0.3 is 0 Å². The third kappa shape index (κ3) is 4.55. The van der Waals surface area contributed by atoms with E-state index in [1.54, 1.807) is 6.07 Å². The van der Waals surface area contributed by atoms with Gasteiger partial charge in [-0.25, -0.2) is 4.98 Å². The number of benzene rings is 2. The molecule has 0 aliphatic carbocycles. The minimum Gasteiger partial charge on any atom is -0.486 e. The molecule has 2 aromatic carbocycles. The average Bonchev–Trinajstić information content (AvgIpc) is 2.73. The molecule has 8 heteroatoms. The first-order chi connectivity index (χ1) is 14.5. The highest BCUT2D eigenvalue weighted by atomic mass is 35.5. The molecule has 0 spiro atoms. The molecular formula is C22H20Cl2N2O4. The molecule has 1 amide bonds. The number of nitrogens with one attached hydrogen (secondary N) is 1. The van der Waals surface area contributed by atoms with Crippen molar-refractivity contribution in [3.05, 3.63) is 57.7 Å². The summed E-state index contributed by atoms with van der Waals surface area (Å²) in [5.41, 5.74) is 2.39. The van der Waals surface area contributed by atoms with Crippen molar-refractivity contribution in [2.75, 3.05) is 26.4 Å². The molecule has 0 bridgehead atoms. The highest BCUT2D eigenvalue weighted by Crippen LogP contribution is 2.37. The van der Waals surface area contributed by atoms with Crippen LogP contribution >= 0.6 is 23.2 Å². The average molecular weight is 447 g/mol. The number of aryl methyl sites for hydroxylation is 1. The number of amides is 1. The van der Waals surface area contributed by atoms with Crippen LogP contribution in [-0.2, 0) is 11.2 Å². The maximum absolute atomic E-state index is 12.3. The molecule has 0 radical (unpaired) electrons. The molecule has 1 aliphatic heterocycles. The molecule has 4 rings (SSSR count). The van der Waals surface area contributed by atoms with Gasteiger partial charge in [0.2, 0.25) is 0 Å². The van der Waals surface area contributed by atoms with E-state index in [1.807, 2.05) is 37.3 Å². The number of nitrogens with zero attached hydrogens (tertiary/aromatic N) is 1. The molecule has 0 atom stereocenters. The van der Waals surface area contributed by atoms with E-state index in [9.17, 15) is 4.79 Å². The number of carbonyl (C=O) groups excluding carboxylic acids is 1. The Morgan fingerprint density at radius 2 is 1.90 bits per heavy atom. The number of halogens is 2. The lowest BCUT2D eigenvalue weighted by atomic mass is 10.1. The number of hydrogen-bond donors (Lipinski definition) is 1. The Bertz CT molecular complexity index is 1100. The first-order valence-electron chi connectivity index (χ1n) is 9.54. The highest BCUT2D eigenvalue weighted by Gasteiger charge is 2.15. The summed E-state index contributed by atoms with van der Waals surface area (Å²) in [6.07, 6.45) is 0.660. The highest BCUT2D eigenvalue weighted by molar-refractivity contribution is 6.39. The van der Waals surface area contributed by atoms with Crippen molar-refractivity contribution in [1.82, 2.24) is 10.3 Å². The Balaban J connectivity index is 1.35. The molecule has 1 N–H and O–H groups in total. The van der Waals surface area contributed by atoms with E-state index in [1.165, 1.54) is 0 Å². The summed E-state index contributed by atoms with van der Waals surface area (Å²) in [7, 11) is 0. The molecule has 3 aromatic rings. The second kappa shape index (κ2) is 8.98. The number of ether oxygens (including phenoxy) is 3. The van der Waals surface area contributed by atoms with Crippen molar-refractivity contribution in [2.24, 2.45) is 0 Å². The van der Waals surface area contributed by atoms with E-state index in [-0.39, 0.29) is 12.5 Å². The molecule has 156 valence electrons. The Morgan fingerprint density at radius 3 is 2.73 bits per heavy atom. The van der Waals surface area contributed by atoms with Gasteiger partial charge in [-0.15, -0.1) is 0 Å². The fourth-order valence-corrected chi connectivity index (χ4v) is 3.78. The SMILES string of the molecule is Cc1ccc2c(Cl)cc(Cl)c(OCC(=O)NCCc3ccc4c(c3)OCCO4)c2n1. The van der Waals surface area contributed by atoms with Crippen LogP contribution in [0.15, 0.2) is 36.4 Å². The van der Waals surface area contributed by atoms with E-state index in [0.717, 1.165) is 28.1 Å². The quantitative estimate of drug-likeness (QED) is 0.608. The molecule has 6 nitrogen and oxygen atoms in total.